The third-order valence-corrected chi connectivity index (χ3v) is 7.08. The molecule has 11 heteroatoms. The molecule has 0 heterocycles. The fraction of sp³-hybridized carbons (Fsp3) is 0.500. The first-order valence-electron chi connectivity index (χ1n) is 14.5. The van der Waals surface area contributed by atoms with Crippen molar-refractivity contribution in [2.75, 3.05) is 20.2 Å². The van der Waals surface area contributed by atoms with E-state index >= 15 is 0 Å². The molecule has 0 aromatic heterocycles. The Balaban J connectivity index is 1.77. The average molecular weight is 600 g/mol. The van der Waals surface area contributed by atoms with Gasteiger partial charge in [-0.2, -0.15) is 0 Å². The van der Waals surface area contributed by atoms with Crippen molar-refractivity contribution in [3.8, 4) is 0 Å². The molecule has 43 heavy (non-hydrogen) atoms. The molecule has 1 saturated carbocycles. The molecule has 0 spiro atoms. The van der Waals surface area contributed by atoms with Crippen LogP contribution in [-0.2, 0) is 36.8 Å². The summed E-state index contributed by atoms with van der Waals surface area (Å²) in [4.78, 5) is 53.1. The zero-order valence-electron chi connectivity index (χ0n) is 25.3. The van der Waals surface area contributed by atoms with Crippen molar-refractivity contribution in [1.82, 2.24) is 15.5 Å². The number of esters is 1. The second-order valence-corrected chi connectivity index (χ2v) is 11.7. The molecule has 0 aliphatic heterocycles. The Bertz CT molecular complexity index is 1220. The van der Waals surface area contributed by atoms with E-state index in [1.54, 1.807) is 20.8 Å². The van der Waals surface area contributed by atoms with Gasteiger partial charge in [0.05, 0.1) is 7.11 Å². The minimum atomic E-state index is -1.11. The van der Waals surface area contributed by atoms with Crippen LogP contribution in [0.15, 0.2) is 54.6 Å². The Morgan fingerprint density at radius 1 is 0.953 bits per heavy atom. The van der Waals surface area contributed by atoms with Crippen LogP contribution >= 0.6 is 0 Å². The number of benzene rings is 2. The number of nitrogens with zero attached hydrogens (tertiary/aromatic N) is 1. The zero-order valence-corrected chi connectivity index (χ0v) is 25.3. The van der Waals surface area contributed by atoms with Gasteiger partial charge >= 0.3 is 18.2 Å². The van der Waals surface area contributed by atoms with E-state index in [1.165, 1.54) is 36.3 Å². The van der Waals surface area contributed by atoms with E-state index in [9.17, 15) is 23.6 Å². The maximum absolute atomic E-state index is 14.0. The van der Waals surface area contributed by atoms with Crippen LogP contribution in [0.1, 0.15) is 57.6 Å². The van der Waals surface area contributed by atoms with Gasteiger partial charge in [0.25, 0.3) is 0 Å². The van der Waals surface area contributed by atoms with Crippen LogP contribution in [0, 0.1) is 11.7 Å². The number of carbonyl (C=O) groups is 4. The van der Waals surface area contributed by atoms with E-state index < -0.39 is 41.5 Å². The fourth-order valence-corrected chi connectivity index (χ4v) is 4.99. The van der Waals surface area contributed by atoms with E-state index in [2.05, 4.69) is 10.6 Å². The van der Waals surface area contributed by atoms with Crippen LogP contribution in [0.2, 0.25) is 0 Å². The summed E-state index contributed by atoms with van der Waals surface area (Å²) in [5.74, 6) is -1.78. The van der Waals surface area contributed by atoms with Gasteiger partial charge in [0.2, 0.25) is 5.91 Å². The molecule has 10 nitrogen and oxygen atoms in total. The number of ether oxygens (including phenoxy) is 3. The summed E-state index contributed by atoms with van der Waals surface area (Å²) < 4.78 is 29.2. The molecular formula is C32H42FN3O7. The molecule has 0 radical (unpaired) electrons. The molecule has 1 aliphatic carbocycles. The van der Waals surface area contributed by atoms with Crippen LogP contribution in [0.5, 0.6) is 0 Å². The van der Waals surface area contributed by atoms with Crippen LogP contribution in [0.3, 0.4) is 0 Å². The Morgan fingerprint density at radius 2 is 1.63 bits per heavy atom. The first-order valence-corrected chi connectivity index (χ1v) is 14.5. The molecule has 2 aromatic carbocycles. The number of hydrogen-bond donors (Lipinski definition) is 2. The molecule has 0 bridgehead atoms. The lowest BCUT2D eigenvalue weighted by Crippen LogP contribution is -2.55. The molecule has 234 valence electrons. The number of carbonyl (C=O) groups excluding carboxylic acids is 4. The summed E-state index contributed by atoms with van der Waals surface area (Å²) in [6, 6.07) is 13.5. The number of methoxy groups -OCH3 is 1. The Morgan fingerprint density at radius 3 is 2.28 bits per heavy atom. The molecule has 1 fully saturated rings. The third kappa shape index (κ3) is 11.6. The molecule has 3 amide bonds. The monoisotopic (exact) mass is 599 g/mol. The highest BCUT2D eigenvalue weighted by Crippen LogP contribution is 2.26. The molecule has 1 aliphatic rings. The second kappa shape index (κ2) is 15.9. The number of alkyl carbamates (subject to hydrolysis) is 2. The maximum atomic E-state index is 14.0. The quantitative estimate of drug-likeness (QED) is 0.282. The van der Waals surface area contributed by atoms with Gasteiger partial charge < -0.3 is 29.7 Å². The number of halogens is 1. The van der Waals surface area contributed by atoms with Gasteiger partial charge in [-0.3, -0.25) is 9.59 Å². The van der Waals surface area contributed by atoms with Gasteiger partial charge in [-0.1, -0.05) is 55.3 Å². The van der Waals surface area contributed by atoms with Crippen molar-refractivity contribution in [1.29, 1.82) is 0 Å². The predicted octanol–water partition coefficient (Wildman–Crippen LogP) is 4.75. The summed E-state index contributed by atoms with van der Waals surface area (Å²) in [5.41, 5.74) is 0.652. The van der Waals surface area contributed by atoms with Crippen molar-refractivity contribution in [2.45, 2.75) is 77.2 Å². The smallest absolute Gasteiger partial charge is 0.408 e. The summed E-state index contributed by atoms with van der Waals surface area (Å²) in [5, 5.41) is 5.58. The fourth-order valence-electron chi connectivity index (χ4n) is 4.99. The van der Waals surface area contributed by atoms with Gasteiger partial charge in [-0.15, -0.1) is 0 Å². The van der Waals surface area contributed by atoms with Gasteiger partial charge in [-0.05, 0) is 62.8 Å². The minimum absolute atomic E-state index is 0.0359. The van der Waals surface area contributed by atoms with Crippen molar-refractivity contribution in [2.24, 2.45) is 5.92 Å². The van der Waals surface area contributed by atoms with Crippen LogP contribution in [0.25, 0.3) is 0 Å². The SMILES string of the molecule is COC(=O)CN(CC1CCCCC1NC(=O)OCc1ccccc1)C(=O)[C@H](Cc1ccc(F)cc1)NC(=O)OC(C)(C)C. The minimum Gasteiger partial charge on any atom is -0.468 e. The summed E-state index contributed by atoms with van der Waals surface area (Å²) in [7, 11) is 1.23. The maximum Gasteiger partial charge on any atom is 0.408 e. The van der Waals surface area contributed by atoms with Crippen molar-refractivity contribution in [3.63, 3.8) is 0 Å². The molecule has 0 saturated heterocycles. The Labute approximate surface area is 252 Å². The van der Waals surface area contributed by atoms with E-state index in [4.69, 9.17) is 14.2 Å². The van der Waals surface area contributed by atoms with Crippen LogP contribution in [0.4, 0.5) is 14.0 Å². The lowest BCUT2D eigenvalue weighted by molar-refractivity contribution is -0.148. The number of rotatable bonds is 11. The summed E-state index contributed by atoms with van der Waals surface area (Å²) in [6.07, 6.45) is 1.83. The molecule has 2 aromatic rings. The van der Waals surface area contributed by atoms with Crippen LogP contribution < -0.4 is 10.6 Å². The highest BCUT2D eigenvalue weighted by molar-refractivity contribution is 5.88. The summed E-state index contributed by atoms with van der Waals surface area (Å²) in [6.45, 7) is 5.01. The molecular weight excluding hydrogens is 557 g/mol. The van der Waals surface area contributed by atoms with Crippen molar-refractivity contribution < 1.29 is 37.8 Å². The third-order valence-electron chi connectivity index (χ3n) is 7.08. The second-order valence-electron chi connectivity index (χ2n) is 11.7. The van der Waals surface area contributed by atoms with E-state index in [-0.39, 0.29) is 38.1 Å². The first-order chi connectivity index (χ1) is 20.4. The predicted molar refractivity (Wildman–Crippen MR) is 157 cm³/mol. The Kier molecular flexibility index (Phi) is 12.3. The number of amides is 3. The van der Waals surface area contributed by atoms with Gasteiger partial charge in [0.15, 0.2) is 0 Å². The average Bonchev–Trinajstić information content (AvgIpc) is 2.96. The lowest BCUT2D eigenvalue weighted by atomic mass is 9.84. The molecule has 3 atom stereocenters. The first kappa shape index (κ1) is 33.4. The Hall–Kier alpha value is -4.15. The number of nitrogens with one attached hydrogen (secondary N) is 2. The normalized spacial score (nSPS) is 17.2. The highest BCUT2D eigenvalue weighted by Gasteiger charge is 2.34. The summed E-state index contributed by atoms with van der Waals surface area (Å²) >= 11 is 0. The molecule has 2 N–H and O–H groups in total. The van der Waals surface area contributed by atoms with Crippen molar-refractivity contribution in [3.05, 3.63) is 71.5 Å². The lowest BCUT2D eigenvalue weighted by Gasteiger charge is -2.36. The topological polar surface area (TPSA) is 123 Å². The molecule has 3 rings (SSSR count). The van der Waals surface area contributed by atoms with Gasteiger partial charge in [-0.25, -0.2) is 14.0 Å². The standard InChI is InChI=1S/C32H42FN3O7/c1-32(2,3)43-31(40)35-27(18-22-14-16-25(33)17-15-22)29(38)36(20-28(37)41-4)19-24-12-8-9-13-26(24)34-30(39)42-21-23-10-6-5-7-11-23/h5-7,10-11,14-17,24,26-27H,8-9,12-13,18-21H2,1-4H3,(H,34,39)(H,35,40)/t24?,26?,27-/m0/s1. The van der Waals surface area contributed by atoms with Gasteiger partial charge in [0, 0.05) is 19.0 Å². The van der Waals surface area contributed by atoms with E-state index in [0.717, 1.165) is 18.4 Å². The number of hydrogen-bond acceptors (Lipinski definition) is 7. The van der Waals surface area contributed by atoms with Crippen molar-refractivity contribution >= 4 is 24.1 Å². The van der Waals surface area contributed by atoms with Gasteiger partial charge in [0.1, 0.15) is 30.6 Å². The zero-order chi connectivity index (χ0) is 31.4. The van der Waals surface area contributed by atoms with E-state index in [0.29, 0.717) is 18.4 Å². The highest BCUT2D eigenvalue weighted by atomic mass is 19.1. The largest absolute Gasteiger partial charge is 0.468 e. The molecule has 2 unspecified atom stereocenters. The van der Waals surface area contributed by atoms with E-state index in [1.807, 2.05) is 30.3 Å². The van der Waals surface area contributed by atoms with Crippen LogP contribution in [-0.4, -0.2) is 66.8 Å².